The Morgan fingerprint density at radius 2 is 1.06 bits per heavy atom. The summed E-state index contributed by atoms with van der Waals surface area (Å²) in [7, 11) is 0. The molecule has 0 aromatic heterocycles. The van der Waals surface area contributed by atoms with E-state index < -0.39 is 0 Å². The highest BCUT2D eigenvalue weighted by atomic mass is 27.1. The first-order valence-corrected chi connectivity index (χ1v) is 7.51. The van der Waals surface area contributed by atoms with E-state index >= 15 is 0 Å². The largest absolute Gasteiger partial charge is 0.323 e. The van der Waals surface area contributed by atoms with Crippen LogP contribution in [0.5, 0.6) is 0 Å². The third-order valence-corrected chi connectivity index (χ3v) is 3.85. The number of benzene rings is 2. The predicted octanol–water partition coefficient (Wildman–Crippen LogP) is 2.55. The second-order valence-electron chi connectivity index (χ2n) is 4.54. The van der Waals surface area contributed by atoms with Crippen LogP contribution in [0, 0.1) is 12.8 Å². The fourth-order valence-electron chi connectivity index (χ4n) is 1.43. The molecule has 0 saturated heterocycles. The van der Waals surface area contributed by atoms with Crippen molar-refractivity contribution in [2.75, 3.05) is 0 Å². The Balaban J connectivity index is 0.000000317. The monoisotopic (exact) mass is 239 g/mol. The van der Waals surface area contributed by atoms with E-state index in [2.05, 4.69) is 81.4 Å². The molecule has 0 saturated carbocycles. The van der Waals surface area contributed by atoms with Gasteiger partial charge in [0.1, 0.15) is 0 Å². The summed E-state index contributed by atoms with van der Waals surface area (Å²) in [5.74, 6) is 0.583. The number of hydrogen-bond donors (Lipinski definition) is 0. The molecule has 0 bridgehead atoms. The lowest BCUT2D eigenvalue weighted by atomic mass is 10.3. The molecule has 0 aliphatic rings. The summed E-state index contributed by atoms with van der Waals surface area (Å²) in [6.45, 7) is 7.75. The molecule has 0 fully saturated rings. The molecule has 1 heteroatoms. The fraction of sp³-hybridized carbons (Fsp3) is 0.188. The van der Waals surface area contributed by atoms with E-state index in [0.29, 0.717) is 5.92 Å². The molecule has 2 rings (SSSR count). The van der Waals surface area contributed by atoms with Crippen molar-refractivity contribution in [1.29, 1.82) is 0 Å². The Bertz CT molecular complexity index is 352. The van der Waals surface area contributed by atoms with Crippen LogP contribution in [0.3, 0.4) is 0 Å². The van der Waals surface area contributed by atoms with Gasteiger partial charge < -0.3 is 0 Å². The summed E-state index contributed by atoms with van der Waals surface area (Å²) in [4.78, 5) is 0. The Labute approximate surface area is 111 Å². The van der Waals surface area contributed by atoms with Crippen LogP contribution in [-0.2, 0) is 0 Å². The standard InChI is InChI=1S/2C6H5.C4H9.Al.H/c2*1-2-4-6-5-3-1;1-4(2)3;;/h2*1-5H;4H,1H2,2-3H3;;. The molecule has 0 aliphatic heterocycles. The molecule has 0 heterocycles. The molecule has 0 N–H and O–H groups in total. The van der Waals surface area contributed by atoms with E-state index in [4.69, 9.17) is 0 Å². The highest BCUT2D eigenvalue weighted by molar-refractivity contribution is 6.67. The van der Waals surface area contributed by atoms with Crippen molar-refractivity contribution in [3.05, 3.63) is 67.6 Å². The molecule has 0 spiro atoms. The number of rotatable bonds is 2. The van der Waals surface area contributed by atoms with E-state index in [9.17, 15) is 0 Å². The van der Waals surface area contributed by atoms with E-state index in [0.717, 1.165) is 0 Å². The van der Waals surface area contributed by atoms with Gasteiger partial charge in [-0.3, -0.25) is 0 Å². The van der Waals surface area contributed by atoms with Gasteiger partial charge in [-0.2, -0.15) is 0 Å². The molecule has 17 heavy (non-hydrogen) atoms. The Morgan fingerprint density at radius 1 is 0.765 bits per heavy atom. The molecule has 0 atom stereocenters. The zero-order valence-corrected chi connectivity index (χ0v) is 12.2. The van der Waals surface area contributed by atoms with Crippen LogP contribution in [0.2, 0.25) is 0 Å². The van der Waals surface area contributed by atoms with E-state index in [1.54, 1.807) is 0 Å². The van der Waals surface area contributed by atoms with Gasteiger partial charge in [-0.05, 0) is 5.92 Å². The van der Waals surface area contributed by atoms with E-state index in [-0.39, 0.29) is 15.2 Å². The average molecular weight is 239 g/mol. The van der Waals surface area contributed by atoms with Crippen LogP contribution >= 0.6 is 0 Å². The first kappa shape index (κ1) is 14.0. The number of hydrogen-bond acceptors (Lipinski definition) is 0. The highest BCUT2D eigenvalue weighted by Gasteiger charge is 1.97. The van der Waals surface area contributed by atoms with E-state index in [1.165, 1.54) is 8.85 Å². The molecule has 0 amide bonds. The normalized spacial score (nSPS) is 9.41. The Hall–Kier alpha value is -1.03. The summed E-state index contributed by atoms with van der Waals surface area (Å²) >= 11 is -0.234. The van der Waals surface area contributed by atoms with Gasteiger partial charge in [0.25, 0.3) is 0 Å². The van der Waals surface area contributed by atoms with Crippen molar-refractivity contribution in [3.8, 4) is 0 Å². The molecule has 2 aromatic rings. The van der Waals surface area contributed by atoms with Gasteiger partial charge >= 0.3 is 15.2 Å². The van der Waals surface area contributed by atoms with E-state index in [1.807, 2.05) is 0 Å². The van der Waals surface area contributed by atoms with Gasteiger partial charge in [0, 0.05) is 0 Å². The maximum atomic E-state index is 3.64. The van der Waals surface area contributed by atoms with Crippen molar-refractivity contribution >= 4 is 24.1 Å². The summed E-state index contributed by atoms with van der Waals surface area (Å²) in [6.07, 6.45) is 0. The van der Waals surface area contributed by atoms with Gasteiger partial charge in [0.2, 0.25) is 0 Å². The minimum Gasteiger partial charge on any atom is -0.109 e. The third-order valence-electron chi connectivity index (χ3n) is 2.09. The smallest absolute Gasteiger partial charge is 0.109 e. The summed E-state index contributed by atoms with van der Waals surface area (Å²) in [5.41, 5.74) is 0. The van der Waals surface area contributed by atoms with Crippen LogP contribution in [0.15, 0.2) is 60.7 Å². The summed E-state index contributed by atoms with van der Waals surface area (Å²) < 4.78 is 3.02. The first-order valence-electron chi connectivity index (χ1n) is 6.09. The molecule has 1 radical (unpaired) electrons. The quantitative estimate of drug-likeness (QED) is 0.707. The van der Waals surface area contributed by atoms with Crippen molar-refractivity contribution < 1.29 is 0 Å². The Morgan fingerprint density at radius 3 is 1.35 bits per heavy atom. The fourth-order valence-corrected chi connectivity index (χ4v) is 2.91. The van der Waals surface area contributed by atoms with Crippen molar-refractivity contribution in [2.24, 2.45) is 5.92 Å². The molecule has 0 aliphatic carbocycles. The highest BCUT2D eigenvalue weighted by Crippen LogP contribution is 1.84. The van der Waals surface area contributed by atoms with Crippen molar-refractivity contribution in [2.45, 2.75) is 13.8 Å². The average Bonchev–Trinajstić information content (AvgIpc) is 2.31. The lowest BCUT2D eigenvalue weighted by Gasteiger charge is -1.97. The van der Waals surface area contributed by atoms with Crippen molar-refractivity contribution in [3.63, 3.8) is 0 Å². The Kier molecular flexibility index (Phi) is 6.70. The zero-order chi connectivity index (χ0) is 12.5. The second-order valence-corrected chi connectivity index (χ2v) is 6.53. The molecule has 87 valence electrons. The predicted molar refractivity (Wildman–Crippen MR) is 79.5 cm³/mol. The van der Waals surface area contributed by atoms with Crippen LogP contribution < -0.4 is 8.85 Å². The van der Waals surface area contributed by atoms with Gasteiger partial charge in [-0.1, -0.05) is 81.4 Å². The maximum absolute atomic E-state index is 3.64. The summed E-state index contributed by atoms with van der Waals surface area (Å²) in [6, 6.07) is 21.5. The first-order chi connectivity index (χ1) is 8.18. The minimum absolute atomic E-state index is 0.234. The third kappa shape index (κ3) is 7.00. The molecular formula is C16H20Al. The van der Waals surface area contributed by atoms with Crippen LogP contribution in [0.1, 0.15) is 13.8 Å². The van der Waals surface area contributed by atoms with Crippen molar-refractivity contribution in [1.82, 2.24) is 0 Å². The maximum Gasteiger partial charge on any atom is 0.323 e. The second kappa shape index (κ2) is 8.12. The molecule has 2 aromatic carbocycles. The van der Waals surface area contributed by atoms with Crippen LogP contribution in [-0.4, -0.2) is 15.2 Å². The minimum atomic E-state index is -0.234. The van der Waals surface area contributed by atoms with Gasteiger partial charge in [-0.25, -0.2) is 0 Å². The summed E-state index contributed by atoms with van der Waals surface area (Å²) in [5, 5.41) is 0. The molecular weight excluding hydrogens is 219 g/mol. The van der Waals surface area contributed by atoms with Gasteiger partial charge in [-0.15, -0.1) is 8.85 Å². The SMILES string of the molecule is [CH2]C(C)C.c1cc[c]([AlH][c]2ccccc2)cc1. The molecule has 0 nitrogen and oxygen atoms in total. The van der Waals surface area contributed by atoms with Gasteiger partial charge in [0.15, 0.2) is 0 Å². The van der Waals surface area contributed by atoms with Crippen LogP contribution in [0.4, 0.5) is 0 Å². The topological polar surface area (TPSA) is 0 Å². The lowest BCUT2D eigenvalue weighted by molar-refractivity contribution is 0.827. The lowest BCUT2D eigenvalue weighted by Crippen LogP contribution is -2.26. The molecule has 0 unspecified atom stereocenters. The van der Waals surface area contributed by atoms with Gasteiger partial charge in [0.05, 0.1) is 0 Å². The zero-order valence-electron chi connectivity index (χ0n) is 10.8. The van der Waals surface area contributed by atoms with Crippen LogP contribution in [0.25, 0.3) is 0 Å².